The van der Waals surface area contributed by atoms with Gasteiger partial charge in [0.05, 0.1) is 21.3 Å². The lowest BCUT2D eigenvalue weighted by Gasteiger charge is -2.13. The molecule has 28 heavy (non-hydrogen) atoms. The molecule has 0 heterocycles. The lowest BCUT2D eigenvalue weighted by Crippen LogP contribution is -2.12. The van der Waals surface area contributed by atoms with Crippen molar-refractivity contribution < 1.29 is 19.0 Å². The summed E-state index contributed by atoms with van der Waals surface area (Å²) in [6.07, 6.45) is 0. The summed E-state index contributed by atoms with van der Waals surface area (Å²) in [5.74, 6) is 1.98. The van der Waals surface area contributed by atoms with Crippen LogP contribution in [-0.4, -0.2) is 27.2 Å². The van der Waals surface area contributed by atoms with Gasteiger partial charge in [0.2, 0.25) is 0 Å². The Morgan fingerprint density at radius 2 is 1.50 bits per heavy atom. The average molecular weight is 377 g/mol. The number of rotatable bonds is 6. The zero-order valence-corrected chi connectivity index (χ0v) is 16.4. The first kappa shape index (κ1) is 19.3. The van der Waals surface area contributed by atoms with E-state index in [9.17, 15) is 4.79 Å². The van der Waals surface area contributed by atoms with Crippen molar-refractivity contribution in [1.29, 1.82) is 0 Å². The summed E-state index contributed by atoms with van der Waals surface area (Å²) < 4.78 is 16.0. The maximum absolute atomic E-state index is 12.7. The molecule has 5 nitrogen and oxygen atoms in total. The summed E-state index contributed by atoms with van der Waals surface area (Å²) in [7, 11) is 4.85. The Hall–Kier alpha value is -3.47. The zero-order chi connectivity index (χ0) is 20.1. The van der Waals surface area contributed by atoms with Crippen LogP contribution in [0.1, 0.15) is 15.9 Å². The molecule has 0 aliphatic rings. The molecule has 5 heteroatoms. The van der Waals surface area contributed by atoms with E-state index < -0.39 is 0 Å². The van der Waals surface area contributed by atoms with Gasteiger partial charge in [0.15, 0.2) is 0 Å². The minimum absolute atomic E-state index is 0.204. The second kappa shape index (κ2) is 8.48. The molecule has 0 aliphatic carbocycles. The van der Waals surface area contributed by atoms with Crippen LogP contribution in [0.5, 0.6) is 17.2 Å². The first-order valence-corrected chi connectivity index (χ1v) is 8.84. The number of anilines is 1. The predicted molar refractivity (Wildman–Crippen MR) is 111 cm³/mol. The maximum atomic E-state index is 12.7. The van der Waals surface area contributed by atoms with Gasteiger partial charge in [-0.05, 0) is 60.5 Å². The van der Waals surface area contributed by atoms with Crippen molar-refractivity contribution in [2.45, 2.75) is 6.92 Å². The van der Waals surface area contributed by atoms with E-state index in [-0.39, 0.29) is 5.91 Å². The van der Waals surface area contributed by atoms with Gasteiger partial charge in [-0.15, -0.1) is 0 Å². The van der Waals surface area contributed by atoms with Crippen LogP contribution < -0.4 is 19.5 Å². The molecule has 3 rings (SSSR count). The molecule has 1 N–H and O–H groups in total. The highest BCUT2D eigenvalue weighted by atomic mass is 16.5. The number of methoxy groups -OCH3 is 3. The Kier molecular flexibility index (Phi) is 5.84. The first-order chi connectivity index (χ1) is 13.5. The van der Waals surface area contributed by atoms with Crippen molar-refractivity contribution in [1.82, 2.24) is 0 Å². The molecule has 3 aromatic carbocycles. The molecule has 0 aromatic heterocycles. The number of hydrogen-bond acceptors (Lipinski definition) is 4. The van der Waals surface area contributed by atoms with Gasteiger partial charge in [-0.3, -0.25) is 4.79 Å². The molecule has 144 valence electrons. The number of carbonyl (C=O) groups excluding carboxylic acids is 1. The van der Waals surface area contributed by atoms with Crippen LogP contribution in [0.2, 0.25) is 0 Å². The lowest BCUT2D eigenvalue weighted by atomic mass is 10.0. The monoisotopic (exact) mass is 377 g/mol. The number of benzene rings is 3. The van der Waals surface area contributed by atoms with Crippen LogP contribution in [0.3, 0.4) is 0 Å². The molecule has 0 bridgehead atoms. The second-order valence-electron chi connectivity index (χ2n) is 6.28. The third kappa shape index (κ3) is 4.09. The Morgan fingerprint density at radius 3 is 2.14 bits per heavy atom. The molecule has 3 aromatic rings. The minimum Gasteiger partial charge on any atom is -0.497 e. The van der Waals surface area contributed by atoms with Gasteiger partial charge in [-0.2, -0.15) is 0 Å². The van der Waals surface area contributed by atoms with Crippen LogP contribution in [0, 0.1) is 6.92 Å². The highest BCUT2D eigenvalue weighted by molar-refractivity contribution is 6.05. The number of ether oxygens (including phenoxy) is 3. The second-order valence-corrected chi connectivity index (χ2v) is 6.28. The van der Waals surface area contributed by atoms with Gasteiger partial charge >= 0.3 is 0 Å². The third-order valence-corrected chi connectivity index (χ3v) is 4.53. The largest absolute Gasteiger partial charge is 0.497 e. The molecule has 0 spiro atoms. The van der Waals surface area contributed by atoms with Gasteiger partial charge < -0.3 is 19.5 Å². The van der Waals surface area contributed by atoms with Gasteiger partial charge in [-0.1, -0.05) is 18.2 Å². The number of amides is 1. The minimum atomic E-state index is -0.204. The summed E-state index contributed by atoms with van der Waals surface area (Å²) in [6.45, 7) is 1.94. The van der Waals surface area contributed by atoms with E-state index in [2.05, 4.69) is 5.32 Å². The Bertz CT molecular complexity index is 980. The summed E-state index contributed by atoms with van der Waals surface area (Å²) >= 11 is 0. The van der Waals surface area contributed by atoms with Gasteiger partial charge in [0, 0.05) is 16.8 Å². The van der Waals surface area contributed by atoms with Crippen molar-refractivity contribution in [2.24, 2.45) is 0 Å². The quantitative estimate of drug-likeness (QED) is 0.661. The standard InChI is InChI=1S/C23H23NO4/c1-15-5-6-17(13-22(15)28-4)23(25)24-18-9-12-21(27-3)20(14-18)16-7-10-19(26-2)11-8-16/h5-14H,1-4H3,(H,24,25). The molecule has 0 radical (unpaired) electrons. The fourth-order valence-electron chi connectivity index (χ4n) is 2.95. The molecular weight excluding hydrogens is 354 g/mol. The Balaban J connectivity index is 1.89. The van der Waals surface area contributed by atoms with Crippen LogP contribution in [-0.2, 0) is 0 Å². The number of aryl methyl sites for hydroxylation is 1. The Morgan fingerprint density at radius 1 is 0.786 bits per heavy atom. The first-order valence-electron chi connectivity index (χ1n) is 8.84. The molecular formula is C23H23NO4. The molecule has 0 fully saturated rings. The van der Waals surface area contributed by atoms with E-state index in [0.29, 0.717) is 17.0 Å². The molecule has 0 saturated carbocycles. The van der Waals surface area contributed by atoms with E-state index in [4.69, 9.17) is 14.2 Å². The van der Waals surface area contributed by atoms with Crippen LogP contribution in [0.25, 0.3) is 11.1 Å². The fourth-order valence-corrected chi connectivity index (χ4v) is 2.95. The van der Waals surface area contributed by atoms with Crippen molar-refractivity contribution in [3.8, 4) is 28.4 Å². The van der Waals surface area contributed by atoms with Gasteiger partial charge in [0.1, 0.15) is 17.2 Å². The van der Waals surface area contributed by atoms with Crippen LogP contribution in [0.4, 0.5) is 5.69 Å². The highest BCUT2D eigenvalue weighted by Gasteiger charge is 2.12. The van der Waals surface area contributed by atoms with Crippen molar-refractivity contribution in [2.75, 3.05) is 26.6 Å². The summed E-state index contributed by atoms with van der Waals surface area (Å²) in [5.41, 5.74) is 4.03. The normalized spacial score (nSPS) is 10.3. The summed E-state index contributed by atoms with van der Waals surface area (Å²) in [4.78, 5) is 12.7. The van der Waals surface area contributed by atoms with E-state index in [1.54, 1.807) is 33.5 Å². The fraction of sp³-hybridized carbons (Fsp3) is 0.174. The van der Waals surface area contributed by atoms with Crippen molar-refractivity contribution in [3.05, 3.63) is 71.8 Å². The maximum Gasteiger partial charge on any atom is 0.255 e. The summed E-state index contributed by atoms with van der Waals surface area (Å²) in [5, 5.41) is 2.94. The molecule has 0 unspecified atom stereocenters. The number of nitrogens with one attached hydrogen (secondary N) is 1. The van der Waals surface area contributed by atoms with Crippen molar-refractivity contribution >= 4 is 11.6 Å². The van der Waals surface area contributed by atoms with Crippen molar-refractivity contribution in [3.63, 3.8) is 0 Å². The number of carbonyl (C=O) groups is 1. The predicted octanol–water partition coefficient (Wildman–Crippen LogP) is 4.94. The molecule has 1 amide bonds. The smallest absolute Gasteiger partial charge is 0.255 e. The van der Waals surface area contributed by atoms with Gasteiger partial charge in [0.25, 0.3) is 5.91 Å². The Labute approximate surface area is 164 Å². The van der Waals surface area contributed by atoms with E-state index in [1.165, 1.54) is 0 Å². The molecule has 0 aliphatic heterocycles. The van der Waals surface area contributed by atoms with Gasteiger partial charge in [-0.25, -0.2) is 0 Å². The van der Waals surface area contributed by atoms with E-state index in [0.717, 1.165) is 28.2 Å². The molecule has 0 atom stereocenters. The summed E-state index contributed by atoms with van der Waals surface area (Å²) in [6, 6.07) is 18.6. The van der Waals surface area contributed by atoms with E-state index in [1.807, 2.05) is 55.5 Å². The average Bonchev–Trinajstić information content (AvgIpc) is 2.74. The van der Waals surface area contributed by atoms with Crippen LogP contribution >= 0.6 is 0 Å². The highest BCUT2D eigenvalue weighted by Crippen LogP contribution is 2.33. The van der Waals surface area contributed by atoms with E-state index >= 15 is 0 Å². The SMILES string of the molecule is COc1ccc(-c2cc(NC(=O)c3ccc(C)c(OC)c3)ccc2OC)cc1. The number of hydrogen-bond donors (Lipinski definition) is 1. The van der Waals surface area contributed by atoms with Crippen LogP contribution in [0.15, 0.2) is 60.7 Å². The molecule has 0 saturated heterocycles. The lowest BCUT2D eigenvalue weighted by molar-refractivity contribution is 0.102. The zero-order valence-electron chi connectivity index (χ0n) is 16.4. The topological polar surface area (TPSA) is 56.8 Å². The third-order valence-electron chi connectivity index (χ3n) is 4.53.